The van der Waals surface area contributed by atoms with Crippen LogP contribution in [0.1, 0.15) is 57.7 Å². The number of benzene rings is 2. The van der Waals surface area contributed by atoms with Gasteiger partial charge in [-0.2, -0.15) is 0 Å². The normalized spacial score (nSPS) is 23.4. The quantitative estimate of drug-likeness (QED) is 0.324. The number of nitrogens with zero attached hydrogens (tertiary/aromatic N) is 2. The summed E-state index contributed by atoms with van der Waals surface area (Å²) in [4.78, 5) is 10.4. The molecule has 2 unspecified atom stereocenters. The maximum Gasteiger partial charge on any atom is 0.141 e. The first-order valence-electron chi connectivity index (χ1n) is 11.3. The fourth-order valence-corrected chi connectivity index (χ4v) is 4.20. The summed E-state index contributed by atoms with van der Waals surface area (Å²) in [6, 6.07) is 15.3. The van der Waals surface area contributed by atoms with Gasteiger partial charge >= 0.3 is 0 Å². The number of halogens is 1. The lowest BCUT2D eigenvalue weighted by molar-refractivity contribution is -0.0731. The van der Waals surface area contributed by atoms with E-state index in [1.54, 1.807) is 0 Å². The fraction of sp³-hybridized carbons (Fsp3) is 0.462. The van der Waals surface area contributed by atoms with Gasteiger partial charge in [0.25, 0.3) is 0 Å². The van der Waals surface area contributed by atoms with Gasteiger partial charge in [0.15, 0.2) is 0 Å². The van der Waals surface area contributed by atoms with Gasteiger partial charge in [-0.05, 0) is 80.5 Å². The average Bonchev–Trinajstić information content (AvgIpc) is 2.82. The third-order valence-electron chi connectivity index (χ3n) is 6.00. The van der Waals surface area contributed by atoms with Crippen molar-refractivity contribution in [3.05, 3.63) is 65.2 Å². The fourth-order valence-electron chi connectivity index (χ4n) is 4.20. The second kappa shape index (κ2) is 10.6. The zero-order valence-corrected chi connectivity index (χ0v) is 19.6. The molecule has 0 spiro atoms. The molecular weight excluding hydrogens is 407 g/mol. The number of rotatable bonds is 10. The highest BCUT2D eigenvalue weighted by molar-refractivity contribution is 6.47. The highest BCUT2D eigenvalue weighted by Crippen LogP contribution is 2.54. The number of ether oxygens (including phenoxy) is 1. The summed E-state index contributed by atoms with van der Waals surface area (Å²) in [7, 11) is 0. The van der Waals surface area contributed by atoms with E-state index < -0.39 is 5.67 Å². The summed E-state index contributed by atoms with van der Waals surface area (Å²) in [5, 5.41) is 8.24. The Labute approximate surface area is 190 Å². The van der Waals surface area contributed by atoms with Crippen LogP contribution in [-0.2, 0) is 22.0 Å². The SMILES string of the molecule is CCO/N=C(C)/C(=N/OCC)c1ccc(OCc2cccc(C3(F)C(C)CC3C)c2)cc1. The van der Waals surface area contributed by atoms with Crippen LogP contribution in [0, 0.1) is 11.8 Å². The maximum absolute atomic E-state index is 15.4. The van der Waals surface area contributed by atoms with Crippen LogP contribution >= 0.6 is 0 Å². The first kappa shape index (κ1) is 23.8. The smallest absolute Gasteiger partial charge is 0.141 e. The van der Waals surface area contributed by atoms with Gasteiger partial charge in [-0.15, -0.1) is 0 Å². The molecule has 0 radical (unpaired) electrons. The summed E-state index contributed by atoms with van der Waals surface area (Å²) in [5.74, 6) is 0.807. The Morgan fingerprint density at radius 2 is 1.66 bits per heavy atom. The zero-order chi connectivity index (χ0) is 23.1. The number of oxime groups is 2. The maximum atomic E-state index is 15.4. The van der Waals surface area contributed by atoms with E-state index in [2.05, 4.69) is 10.3 Å². The molecule has 2 aromatic carbocycles. The molecule has 0 saturated heterocycles. The van der Waals surface area contributed by atoms with E-state index in [-0.39, 0.29) is 11.8 Å². The molecule has 0 aliphatic heterocycles. The minimum Gasteiger partial charge on any atom is -0.489 e. The lowest BCUT2D eigenvalue weighted by atomic mass is 9.61. The van der Waals surface area contributed by atoms with Crippen molar-refractivity contribution in [3.8, 4) is 5.75 Å². The highest BCUT2D eigenvalue weighted by atomic mass is 19.1. The van der Waals surface area contributed by atoms with Crippen molar-refractivity contribution < 1.29 is 18.8 Å². The van der Waals surface area contributed by atoms with Gasteiger partial charge in [0, 0.05) is 5.56 Å². The summed E-state index contributed by atoms with van der Waals surface area (Å²) in [6.45, 7) is 10.8. The minimum atomic E-state index is -1.24. The molecule has 32 heavy (non-hydrogen) atoms. The topological polar surface area (TPSA) is 52.4 Å². The van der Waals surface area contributed by atoms with Crippen molar-refractivity contribution >= 4 is 11.4 Å². The van der Waals surface area contributed by atoms with Gasteiger partial charge in [0.1, 0.15) is 42.7 Å². The third-order valence-corrected chi connectivity index (χ3v) is 6.00. The zero-order valence-electron chi connectivity index (χ0n) is 19.6. The van der Waals surface area contributed by atoms with E-state index in [1.807, 2.05) is 83.1 Å². The lowest BCUT2D eigenvalue weighted by Gasteiger charge is -2.48. The van der Waals surface area contributed by atoms with Crippen molar-refractivity contribution in [3.63, 3.8) is 0 Å². The van der Waals surface area contributed by atoms with E-state index in [0.717, 1.165) is 28.9 Å². The third kappa shape index (κ3) is 5.12. The molecule has 3 rings (SSSR count). The van der Waals surface area contributed by atoms with Gasteiger partial charge in [-0.1, -0.05) is 42.4 Å². The molecule has 2 aromatic rings. The van der Waals surface area contributed by atoms with E-state index in [0.29, 0.717) is 31.2 Å². The Hall–Kier alpha value is -2.89. The molecule has 0 N–H and O–H groups in total. The standard InChI is InChI=1S/C26H33FN2O3/c1-6-31-28-20(5)25(29-32-7-2)22-11-13-24(14-12-22)30-17-21-9-8-10-23(16-21)26(27)18(3)15-19(26)4/h8-14,16,18-19H,6-7,15,17H2,1-5H3/b28-20+,29-25-. The summed E-state index contributed by atoms with van der Waals surface area (Å²) in [6.07, 6.45) is 0.924. The molecule has 1 fully saturated rings. The summed E-state index contributed by atoms with van der Waals surface area (Å²) < 4.78 is 21.4. The molecule has 5 nitrogen and oxygen atoms in total. The Kier molecular flexibility index (Phi) is 7.89. The first-order valence-corrected chi connectivity index (χ1v) is 11.3. The molecule has 0 amide bonds. The molecule has 0 bridgehead atoms. The van der Waals surface area contributed by atoms with Crippen molar-refractivity contribution in [2.24, 2.45) is 22.1 Å². The molecule has 6 heteroatoms. The van der Waals surface area contributed by atoms with Crippen LogP contribution < -0.4 is 4.74 Å². The van der Waals surface area contributed by atoms with E-state index in [9.17, 15) is 0 Å². The Morgan fingerprint density at radius 3 is 2.28 bits per heavy atom. The van der Waals surface area contributed by atoms with Crippen molar-refractivity contribution in [2.45, 2.75) is 53.3 Å². The van der Waals surface area contributed by atoms with Gasteiger partial charge < -0.3 is 14.4 Å². The van der Waals surface area contributed by atoms with Gasteiger partial charge in [-0.3, -0.25) is 0 Å². The van der Waals surface area contributed by atoms with Gasteiger partial charge in [-0.25, -0.2) is 4.39 Å². The molecule has 1 saturated carbocycles. The minimum absolute atomic E-state index is 0.0449. The van der Waals surface area contributed by atoms with E-state index in [4.69, 9.17) is 14.4 Å². The Bertz CT molecular complexity index is 948. The number of hydrogen-bond donors (Lipinski definition) is 0. The second-order valence-corrected chi connectivity index (χ2v) is 8.27. The van der Waals surface area contributed by atoms with Crippen LogP contribution in [0.5, 0.6) is 5.75 Å². The second-order valence-electron chi connectivity index (χ2n) is 8.27. The van der Waals surface area contributed by atoms with E-state index in [1.165, 1.54) is 0 Å². The first-order chi connectivity index (χ1) is 15.4. The molecule has 0 heterocycles. The van der Waals surface area contributed by atoms with Crippen molar-refractivity contribution in [1.82, 2.24) is 0 Å². The van der Waals surface area contributed by atoms with Gasteiger partial charge in [0.2, 0.25) is 0 Å². The summed E-state index contributed by atoms with van der Waals surface area (Å²) >= 11 is 0. The molecule has 1 aliphatic carbocycles. The van der Waals surface area contributed by atoms with Crippen LogP contribution in [0.2, 0.25) is 0 Å². The molecule has 2 atom stereocenters. The monoisotopic (exact) mass is 440 g/mol. The van der Waals surface area contributed by atoms with Crippen LogP contribution in [0.4, 0.5) is 4.39 Å². The molecular formula is C26H33FN2O3. The van der Waals surface area contributed by atoms with Crippen LogP contribution in [0.15, 0.2) is 58.8 Å². The highest BCUT2D eigenvalue weighted by Gasteiger charge is 2.52. The predicted molar refractivity (Wildman–Crippen MR) is 126 cm³/mol. The predicted octanol–water partition coefficient (Wildman–Crippen LogP) is 6.26. The molecule has 172 valence electrons. The Morgan fingerprint density at radius 1 is 1.00 bits per heavy atom. The molecule has 0 aromatic heterocycles. The lowest BCUT2D eigenvalue weighted by Crippen LogP contribution is -2.46. The average molecular weight is 441 g/mol. The number of hydrogen-bond acceptors (Lipinski definition) is 5. The van der Waals surface area contributed by atoms with Crippen LogP contribution in [-0.4, -0.2) is 24.6 Å². The number of alkyl halides is 1. The van der Waals surface area contributed by atoms with Crippen molar-refractivity contribution in [1.29, 1.82) is 0 Å². The van der Waals surface area contributed by atoms with E-state index >= 15 is 4.39 Å². The van der Waals surface area contributed by atoms with Crippen LogP contribution in [0.3, 0.4) is 0 Å². The van der Waals surface area contributed by atoms with Crippen molar-refractivity contribution in [2.75, 3.05) is 13.2 Å². The van der Waals surface area contributed by atoms with Crippen LogP contribution in [0.25, 0.3) is 0 Å². The summed E-state index contributed by atoms with van der Waals surface area (Å²) in [5.41, 5.74) is 2.55. The van der Waals surface area contributed by atoms with Gasteiger partial charge in [0.05, 0.1) is 0 Å². The largest absolute Gasteiger partial charge is 0.489 e. The Balaban J connectivity index is 1.69. The molecule has 1 aliphatic rings.